The van der Waals surface area contributed by atoms with E-state index in [4.69, 9.17) is 0 Å². The van der Waals surface area contributed by atoms with Crippen LogP contribution < -0.4 is 0 Å². The van der Waals surface area contributed by atoms with Crippen LogP contribution in [0.1, 0.15) is 20.8 Å². The second-order valence-electron chi connectivity index (χ2n) is 3.48. The molecule has 2 nitrogen and oxygen atoms in total. The molecule has 0 unspecified atom stereocenters. The van der Waals surface area contributed by atoms with Crippen LogP contribution in [-0.2, 0) is 6.18 Å². The molecule has 100 valence electrons. The number of nitrogens with zero attached hydrogens (tertiary/aromatic N) is 1. The van der Waals surface area contributed by atoms with Gasteiger partial charge in [0.05, 0.1) is 19.8 Å². The average molecular weight is 415 g/mol. The Kier molecular flexibility index (Phi) is 4.12. The van der Waals surface area contributed by atoms with E-state index >= 15 is 0 Å². The maximum Gasteiger partial charge on any atom is 0.417 e. The summed E-state index contributed by atoms with van der Waals surface area (Å²) in [6, 6.07) is 2.27. The van der Waals surface area contributed by atoms with Crippen LogP contribution in [0, 0.1) is 0 Å². The minimum absolute atomic E-state index is 0.206. The van der Waals surface area contributed by atoms with E-state index in [-0.39, 0.29) is 4.88 Å². The first-order chi connectivity index (χ1) is 8.80. The van der Waals surface area contributed by atoms with Crippen LogP contribution in [0.3, 0.4) is 0 Å². The van der Waals surface area contributed by atoms with Gasteiger partial charge in [0.15, 0.2) is 0 Å². The van der Waals surface area contributed by atoms with E-state index in [1.165, 1.54) is 6.07 Å². The third-order valence-corrected chi connectivity index (χ3v) is 5.50. The molecule has 2 aromatic rings. The van der Waals surface area contributed by atoms with Gasteiger partial charge in [-0.15, -0.1) is 11.3 Å². The molecule has 2 aromatic heterocycles. The van der Waals surface area contributed by atoms with Crippen molar-refractivity contribution in [1.82, 2.24) is 4.98 Å². The maximum absolute atomic E-state index is 12.8. The second kappa shape index (κ2) is 5.34. The molecule has 2 rings (SSSR count). The average Bonchev–Trinajstić information content (AvgIpc) is 2.68. The number of alkyl halides is 3. The Balaban J connectivity index is 2.51. The fourth-order valence-electron chi connectivity index (χ4n) is 1.41. The maximum atomic E-state index is 12.8. The van der Waals surface area contributed by atoms with Crippen molar-refractivity contribution in [3.8, 4) is 0 Å². The molecule has 0 aliphatic carbocycles. The lowest BCUT2D eigenvalue weighted by molar-refractivity contribution is -0.137. The van der Waals surface area contributed by atoms with Gasteiger partial charge in [-0.2, -0.15) is 13.2 Å². The first-order valence-electron chi connectivity index (χ1n) is 4.81. The normalized spacial score (nSPS) is 11.6. The van der Waals surface area contributed by atoms with Crippen LogP contribution in [0.25, 0.3) is 0 Å². The largest absolute Gasteiger partial charge is 0.417 e. The Morgan fingerprint density at radius 3 is 2.53 bits per heavy atom. The van der Waals surface area contributed by atoms with Crippen molar-refractivity contribution in [3.05, 3.63) is 48.8 Å². The third-order valence-electron chi connectivity index (χ3n) is 2.24. The summed E-state index contributed by atoms with van der Waals surface area (Å²) in [5.74, 6) is -0.697. The Morgan fingerprint density at radius 1 is 1.32 bits per heavy atom. The number of pyridine rings is 1. The highest BCUT2D eigenvalue weighted by Gasteiger charge is 2.35. The predicted molar refractivity (Wildman–Crippen MR) is 72.4 cm³/mol. The highest BCUT2D eigenvalue weighted by molar-refractivity contribution is 9.13. The lowest BCUT2D eigenvalue weighted by Gasteiger charge is -2.10. The molecule has 0 aliphatic rings. The van der Waals surface area contributed by atoms with Gasteiger partial charge in [0.2, 0.25) is 5.78 Å². The second-order valence-corrected chi connectivity index (χ2v) is 6.70. The van der Waals surface area contributed by atoms with Gasteiger partial charge in [-0.1, -0.05) is 0 Å². The lowest BCUT2D eigenvalue weighted by atomic mass is 10.1. The molecule has 0 bridgehead atoms. The molecule has 0 spiro atoms. The molecule has 0 amide bonds. The zero-order valence-corrected chi connectivity index (χ0v) is 13.0. The topological polar surface area (TPSA) is 30.0 Å². The fourth-order valence-corrected chi connectivity index (χ4v) is 3.40. The first-order valence-corrected chi connectivity index (χ1v) is 7.21. The Labute approximate surface area is 126 Å². The van der Waals surface area contributed by atoms with Crippen molar-refractivity contribution in [2.24, 2.45) is 0 Å². The van der Waals surface area contributed by atoms with Crippen molar-refractivity contribution in [3.63, 3.8) is 0 Å². The number of aromatic nitrogens is 1. The summed E-state index contributed by atoms with van der Waals surface area (Å²) in [7, 11) is 0. The molecule has 0 radical (unpaired) electrons. The van der Waals surface area contributed by atoms with E-state index in [1.807, 2.05) is 0 Å². The quantitative estimate of drug-likeness (QED) is 0.653. The summed E-state index contributed by atoms with van der Waals surface area (Å²) < 4.78 is 39.7. The lowest BCUT2D eigenvalue weighted by Crippen LogP contribution is -2.13. The van der Waals surface area contributed by atoms with E-state index in [0.717, 1.165) is 29.8 Å². The Morgan fingerprint density at radius 2 is 2.00 bits per heavy atom. The Bertz CT molecular complexity index is 620. The number of carbonyl (C=O) groups is 1. The molecule has 2 heterocycles. The summed E-state index contributed by atoms with van der Waals surface area (Å²) in [6.45, 7) is 0. The van der Waals surface area contributed by atoms with E-state index < -0.39 is 23.1 Å². The van der Waals surface area contributed by atoms with E-state index in [1.54, 1.807) is 0 Å². The molecular weight excluding hydrogens is 411 g/mol. The van der Waals surface area contributed by atoms with Crippen molar-refractivity contribution in [2.45, 2.75) is 6.18 Å². The minimum atomic E-state index is -4.58. The van der Waals surface area contributed by atoms with Gasteiger partial charge in [-0.3, -0.25) is 9.78 Å². The van der Waals surface area contributed by atoms with Gasteiger partial charge < -0.3 is 0 Å². The third kappa shape index (κ3) is 3.06. The first kappa shape index (κ1) is 14.7. The fraction of sp³-hybridized carbons (Fsp3) is 0.0909. The number of hydrogen-bond acceptors (Lipinski definition) is 3. The molecule has 0 aromatic carbocycles. The number of ketones is 1. The van der Waals surface area contributed by atoms with Crippen molar-refractivity contribution in [2.75, 3.05) is 0 Å². The standard InChI is InChI=1S/C11H4Br2F3NOS/c12-7-3-8(19-10(7)13)9(18)5-4-17-2-1-6(5)11(14,15)16/h1-4H. The number of carbonyl (C=O) groups excluding carboxylic acids is 1. The van der Waals surface area contributed by atoms with Crippen LogP contribution in [-0.4, -0.2) is 10.8 Å². The molecule has 8 heteroatoms. The van der Waals surface area contributed by atoms with E-state index in [9.17, 15) is 18.0 Å². The molecule has 19 heavy (non-hydrogen) atoms. The smallest absolute Gasteiger partial charge is 0.288 e. The summed E-state index contributed by atoms with van der Waals surface area (Å²) in [5, 5.41) is 0. The molecule has 0 atom stereocenters. The van der Waals surface area contributed by atoms with Crippen molar-refractivity contribution >= 4 is 49.0 Å². The van der Waals surface area contributed by atoms with Gasteiger partial charge in [0.1, 0.15) is 0 Å². The summed E-state index contributed by atoms with van der Waals surface area (Å²) in [6.07, 6.45) is -2.63. The van der Waals surface area contributed by atoms with Crippen LogP contribution in [0.4, 0.5) is 13.2 Å². The number of hydrogen-bond donors (Lipinski definition) is 0. The summed E-state index contributed by atoms with van der Waals surface area (Å²) >= 11 is 7.45. The van der Waals surface area contributed by atoms with Crippen LogP contribution in [0.15, 0.2) is 32.8 Å². The molecule has 0 saturated heterocycles. The van der Waals surface area contributed by atoms with Crippen LogP contribution in [0.5, 0.6) is 0 Å². The molecule has 0 fully saturated rings. The monoisotopic (exact) mass is 413 g/mol. The van der Waals surface area contributed by atoms with E-state index in [2.05, 4.69) is 36.8 Å². The minimum Gasteiger partial charge on any atom is -0.288 e. The van der Waals surface area contributed by atoms with Crippen molar-refractivity contribution < 1.29 is 18.0 Å². The zero-order valence-electron chi connectivity index (χ0n) is 8.96. The summed E-state index contributed by atoms with van der Waals surface area (Å²) in [5.41, 5.74) is -1.43. The highest BCUT2D eigenvalue weighted by Crippen LogP contribution is 2.36. The molecular formula is C11H4Br2F3NOS. The van der Waals surface area contributed by atoms with Crippen LogP contribution >= 0.6 is 43.2 Å². The summed E-state index contributed by atoms with van der Waals surface area (Å²) in [4.78, 5) is 15.9. The number of halogens is 5. The number of thiophene rings is 1. The van der Waals surface area contributed by atoms with E-state index in [0.29, 0.717) is 8.26 Å². The van der Waals surface area contributed by atoms with Gasteiger partial charge in [-0.05, 0) is 44.0 Å². The molecule has 0 saturated carbocycles. The highest BCUT2D eigenvalue weighted by atomic mass is 79.9. The van der Waals surface area contributed by atoms with Gasteiger partial charge in [0, 0.05) is 16.9 Å². The van der Waals surface area contributed by atoms with Crippen molar-refractivity contribution in [1.29, 1.82) is 0 Å². The van der Waals surface area contributed by atoms with Gasteiger partial charge in [0.25, 0.3) is 0 Å². The van der Waals surface area contributed by atoms with Crippen LogP contribution in [0.2, 0.25) is 0 Å². The number of rotatable bonds is 2. The zero-order chi connectivity index (χ0) is 14.2. The Hall–Kier alpha value is -0.730. The van der Waals surface area contributed by atoms with Gasteiger partial charge in [-0.25, -0.2) is 0 Å². The molecule has 0 N–H and O–H groups in total. The SMILES string of the molecule is O=C(c1cc(Br)c(Br)s1)c1cnccc1C(F)(F)F. The van der Waals surface area contributed by atoms with Gasteiger partial charge >= 0.3 is 6.18 Å². The predicted octanol–water partition coefficient (Wildman–Crippen LogP) is 4.92. The molecule has 0 aliphatic heterocycles.